The molecular formula is C22H27FN4O2. The molecule has 0 spiro atoms. The highest BCUT2D eigenvalue weighted by Gasteiger charge is 2.30. The van der Waals surface area contributed by atoms with Crippen molar-refractivity contribution in [2.45, 2.75) is 51.5 Å². The van der Waals surface area contributed by atoms with Crippen LogP contribution in [0.15, 0.2) is 24.3 Å². The van der Waals surface area contributed by atoms with Gasteiger partial charge < -0.3 is 14.8 Å². The van der Waals surface area contributed by atoms with Crippen molar-refractivity contribution in [3.8, 4) is 0 Å². The van der Waals surface area contributed by atoms with Crippen LogP contribution in [-0.2, 0) is 19.4 Å². The number of imidazole rings is 1. The molecule has 2 aliphatic rings. The molecule has 4 rings (SSSR count). The molecule has 0 bridgehead atoms. The zero-order valence-electron chi connectivity index (χ0n) is 16.6. The summed E-state index contributed by atoms with van der Waals surface area (Å²) in [6.45, 7) is 2.54. The maximum Gasteiger partial charge on any atom is 0.287 e. The van der Waals surface area contributed by atoms with Crippen molar-refractivity contribution in [1.82, 2.24) is 19.8 Å². The zero-order chi connectivity index (χ0) is 20.2. The molecule has 6 nitrogen and oxygen atoms in total. The largest absolute Gasteiger partial charge is 0.349 e. The topological polar surface area (TPSA) is 67.2 Å². The molecule has 0 aliphatic carbocycles. The van der Waals surface area contributed by atoms with Gasteiger partial charge in [0.1, 0.15) is 11.5 Å². The Balaban J connectivity index is 1.49. The van der Waals surface area contributed by atoms with Gasteiger partial charge in [0.15, 0.2) is 5.82 Å². The van der Waals surface area contributed by atoms with Gasteiger partial charge in [0.25, 0.3) is 11.8 Å². The van der Waals surface area contributed by atoms with Crippen LogP contribution in [0.25, 0.3) is 0 Å². The Morgan fingerprint density at radius 1 is 1.03 bits per heavy atom. The van der Waals surface area contributed by atoms with Gasteiger partial charge in [-0.05, 0) is 56.6 Å². The van der Waals surface area contributed by atoms with Crippen molar-refractivity contribution in [2.75, 3.05) is 19.6 Å². The molecule has 154 valence electrons. The van der Waals surface area contributed by atoms with Crippen molar-refractivity contribution in [2.24, 2.45) is 0 Å². The first kappa shape index (κ1) is 19.6. The fourth-order valence-electron chi connectivity index (χ4n) is 4.23. The van der Waals surface area contributed by atoms with Crippen LogP contribution in [0.3, 0.4) is 0 Å². The molecule has 1 N–H and O–H groups in total. The number of carbonyl (C=O) groups excluding carboxylic acids is 2. The number of nitrogens with zero attached hydrogens (tertiary/aromatic N) is 3. The molecule has 0 atom stereocenters. The number of nitrogens with one attached hydrogen (secondary N) is 1. The molecule has 1 fully saturated rings. The van der Waals surface area contributed by atoms with Crippen LogP contribution in [0.4, 0.5) is 4.39 Å². The number of aromatic nitrogens is 2. The Kier molecular flexibility index (Phi) is 5.92. The Morgan fingerprint density at radius 2 is 1.79 bits per heavy atom. The predicted molar refractivity (Wildman–Crippen MR) is 107 cm³/mol. The fraction of sp³-hybridized carbons (Fsp3) is 0.500. The Morgan fingerprint density at radius 3 is 2.59 bits per heavy atom. The first-order valence-corrected chi connectivity index (χ1v) is 10.6. The van der Waals surface area contributed by atoms with Gasteiger partial charge in [-0.15, -0.1) is 0 Å². The van der Waals surface area contributed by atoms with Crippen molar-refractivity contribution < 1.29 is 14.0 Å². The third-order valence-electron chi connectivity index (χ3n) is 5.80. The van der Waals surface area contributed by atoms with Gasteiger partial charge in [0.2, 0.25) is 0 Å². The maximum atomic E-state index is 13.8. The summed E-state index contributed by atoms with van der Waals surface area (Å²) in [5.41, 5.74) is 1.89. The van der Waals surface area contributed by atoms with Crippen LogP contribution in [-0.4, -0.2) is 45.9 Å². The molecule has 29 heavy (non-hydrogen) atoms. The van der Waals surface area contributed by atoms with Crippen molar-refractivity contribution in [3.05, 3.63) is 52.9 Å². The third-order valence-corrected chi connectivity index (χ3v) is 5.80. The van der Waals surface area contributed by atoms with Crippen LogP contribution in [0.2, 0.25) is 0 Å². The predicted octanol–water partition coefficient (Wildman–Crippen LogP) is 2.96. The number of benzene rings is 1. The zero-order valence-corrected chi connectivity index (χ0v) is 16.6. The molecule has 1 saturated heterocycles. The molecule has 0 saturated carbocycles. The van der Waals surface area contributed by atoms with Crippen LogP contribution < -0.4 is 5.32 Å². The van der Waals surface area contributed by atoms with Crippen LogP contribution in [0, 0.1) is 5.82 Å². The van der Waals surface area contributed by atoms with Crippen LogP contribution in [0.1, 0.15) is 64.5 Å². The van der Waals surface area contributed by atoms with E-state index in [9.17, 15) is 14.0 Å². The molecular weight excluding hydrogens is 371 g/mol. The van der Waals surface area contributed by atoms with Gasteiger partial charge in [0.05, 0.1) is 5.69 Å². The molecule has 2 aromatic rings. The number of amides is 2. The number of piperidine rings is 1. The summed E-state index contributed by atoms with van der Waals surface area (Å²) >= 11 is 0. The highest BCUT2D eigenvalue weighted by Crippen LogP contribution is 2.23. The van der Waals surface area contributed by atoms with E-state index in [-0.39, 0.29) is 17.6 Å². The van der Waals surface area contributed by atoms with E-state index in [1.165, 1.54) is 6.07 Å². The molecule has 1 aromatic heterocycles. The van der Waals surface area contributed by atoms with E-state index in [0.29, 0.717) is 36.6 Å². The monoisotopic (exact) mass is 398 g/mol. The average Bonchev–Trinajstić information content (AvgIpc) is 3.15. The standard InChI is InChI=1S/C22H27FN4O2/c23-17-9-3-2-8-16(17)11-12-24-21(28)20-25-19(18-10-4-7-15-27(18)20)22(29)26-13-5-1-6-14-26/h2-3,8-9H,1,4-7,10-15H2,(H,24,28). The maximum absolute atomic E-state index is 13.8. The number of fused-ring (bicyclic) bond motifs is 1. The normalized spacial score (nSPS) is 16.4. The minimum atomic E-state index is -0.304. The smallest absolute Gasteiger partial charge is 0.287 e. The molecule has 2 amide bonds. The second kappa shape index (κ2) is 8.76. The minimum absolute atomic E-state index is 0.0549. The second-order valence-electron chi connectivity index (χ2n) is 7.79. The summed E-state index contributed by atoms with van der Waals surface area (Å²) < 4.78 is 15.7. The lowest BCUT2D eigenvalue weighted by Gasteiger charge is -2.26. The highest BCUT2D eigenvalue weighted by molar-refractivity contribution is 5.97. The number of likely N-dealkylation sites (tertiary alicyclic amines) is 1. The van der Waals surface area contributed by atoms with Gasteiger partial charge in [-0.25, -0.2) is 9.37 Å². The van der Waals surface area contributed by atoms with Gasteiger partial charge in [-0.1, -0.05) is 18.2 Å². The van der Waals surface area contributed by atoms with Crippen molar-refractivity contribution in [1.29, 1.82) is 0 Å². The van der Waals surface area contributed by atoms with Gasteiger partial charge in [0, 0.05) is 26.2 Å². The molecule has 3 heterocycles. The summed E-state index contributed by atoms with van der Waals surface area (Å²) in [5.74, 6) is -0.328. The quantitative estimate of drug-likeness (QED) is 0.842. The van der Waals surface area contributed by atoms with E-state index in [0.717, 1.165) is 57.3 Å². The Bertz CT molecular complexity index is 902. The van der Waals surface area contributed by atoms with E-state index in [1.807, 2.05) is 9.47 Å². The number of halogens is 1. The van der Waals surface area contributed by atoms with E-state index in [4.69, 9.17) is 0 Å². The molecule has 7 heteroatoms. The highest BCUT2D eigenvalue weighted by atomic mass is 19.1. The van der Waals surface area contributed by atoms with Gasteiger partial charge in [-0.2, -0.15) is 0 Å². The lowest BCUT2D eigenvalue weighted by Crippen LogP contribution is -2.36. The van der Waals surface area contributed by atoms with Crippen LogP contribution in [0.5, 0.6) is 0 Å². The SMILES string of the molecule is O=C(NCCc1ccccc1F)c1nc(C(=O)N2CCCCC2)c2n1CCCC2. The molecule has 0 radical (unpaired) electrons. The van der Waals surface area contributed by atoms with E-state index >= 15 is 0 Å². The van der Waals surface area contributed by atoms with Gasteiger partial charge in [-0.3, -0.25) is 9.59 Å². The average molecular weight is 398 g/mol. The second-order valence-corrected chi connectivity index (χ2v) is 7.79. The van der Waals surface area contributed by atoms with E-state index in [2.05, 4.69) is 10.3 Å². The first-order chi connectivity index (χ1) is 14.1. The summed E-state index contributed by atoms with van der Waals surface area (Å²) in [5, 5.41) is 2.84. The lowest BCUT2D eigenvalue weighted by atomic mass is 10.1. The number of hydrogen-bond acceptors (Lipinski definition) is 3. The molecule has 2 aliphatic heterocycles. The number of rotatable bonds is 5. The van der Waals surface area contributed by atoms with Crippen molar-refractivity contribution in [3.63, 3.8) is 0 Å². The van der Waals surface area contributed by atoms with Crippen molar-refractivity contribution >= 4 is 11.8 Å². The Labute approximate surface area is 170 Å². The summed E-state index contributed by atoms with van der Waals surface area (Å²) in [6.07, 6.45) is 6.34. The molecule has 1 aromatic carbocycles. The van der Waals surface area contributed by atoms with E-state index in [1.54, 1.807) is 18.2 Å². The number of hydrogen-bond donors (Lipinski definition) is 1. The number of carbonyl (C=O) groups is 2. The third kappa shape index (κ3) is 4.18. The Hall–Kier alpha value is -2.70. The minimum Gasteiger partial charge on any atom is -0.349 e. The van der Waals surface area contributed by atoms with Crippen LogP contribution >= 0.6 is 0 Å². The lowest BCUT2D eigenvalue weighted by molar-refractivity contribution is 0.0717. The van der Waals surface area contributed by atoms with Gasteiger partial charge >= 0.3 is 0 Å². The first-order valence-electron chi connectivity index (χ1n) is 10.6. The summed E-state index contributed by atoms with van der Waals surface area (Å²) in [6, 6.07) is 6.56. The van der Waals surface area contributed by atoms with E-state index < -0.39 is 0 Å². The summed E-state index contributed by atoms with van der Waals surface area (Å²) in [7, 11) is 0. The fourth-order valence-corrected chi connectivity index (χ4v) is 4.23. The summed E-state index contributed by atoms with van der Waals surface area (Å²) in [4.78, 5) is 32.2. The molecule has 0 unspecified atom stereocenters.